The number of rotatable bonds is 1. The molecule has 0 bridgehead atoms. The van der Waals surface area contributed by atoms with Gasteiger partial charge in [0.1, 0.15) is 0 Å². The monoisotopic (exact) mass is 213 g/mol. The standard InChI is InChI=1S/C11H19NO3/c1-9(13)12-5-3-10(4-6-12)11(2)14-7-8-15-11/h10H,3-8H2,1-2H3. The molecule has 4 heteroatoms. The zero-order chi connectivity index (χ0) is 10.9. The summed E-state index contributed by atoms with van der Waals surface area (Å²) in [6.45, 7) is 6.72. The van der Waals surface area contributed by atoms with E-state index >= 15 is 0 Å². The molecule has 0 unspecified atom stereocenters. The van der Waals surface area contributed by atoms with Crippen molar-refractivity contribution in [2.24, 2.45) is 5.92 Å². The van der Waals surface area contributed by atoms with Crippen LogP contribution in [0.25, 0.3) is 0 Å². The van der Waals surface area contributed by atoms with E-state index in [2.05, 4.69) is 0 Å². The van der Waals surface area contributed by atoms with Crippen LogP contribution in [0.2, 0.25) is 0 Å². The van der Waals surface area contributed by atoms with Crippen LogP contribution in [-0.2, 0) is 14.3 Å². The van der Waals surface area contributed by atoms with Crippen molar-refractivity contribution in [2.45, 2.75) is 32.5 Å². The van der Waals surface area contributed by atoms with Gasteiger partial charge in [-0.15, -0.1) is 0 Å². The van der Waals surface area contributed by atoms with E-state index in [0.29, 0.717) is 19.1 Å². The average molecular weight is 213 g/mol. The summed E-state index contributed by atoms with van der Waals surface area (Å²) in [4.78, 5) is 13.1. The fraction of sp³-hybridized carbons (Fsp3) is 0.909. The number of hydrogen-bond acceptors (Lipinski definition) is 3. The number of carbonyl (C=O) groups excluding carboxylic acids is 1. The molecule has 2 heterocycles. The summed E-state index contributed by atoms with van der Waals surface area (Å²) in [6, 6.07) is 0. The number of hydrogen-bond donors (Lipinski definition) is 0. The molecule has 2 aliphatic heterocycles. The molecule has 0 aromatic carbocycles. The number of likely N-dealkylation sites (tertiary alicyclic amines) is 1. The SMILES string of the molecule is CC(=O)N1CCC(C2(C)OCCO2)CC1. The van der Waals surface area contributed by atoms with Gasteiger partial charge in [0.2, 0.25) is 5.91 Å². The van der Waals surface area contributed by atoms with Gasteiger partial charge in [-0.05, 0) is 19.8 Å². The van der Waals surface area contributed by atoms with E-state index in [9.17, 15) is 4.79 Å². The number of carbonyl (C=O) groups is 1. The van der Waals surface area contributed by atoms with Crippen LogP contribution in [0.4, 0.5) is 0 Å². The third-order valence-corrected chi connectivity index (χ3v) is 3.54. The fourth-order valence-corrected chi connectivity index (χ4v) is 2.48. The summed E-state index contributed by atoms with van der Waals surface area (Å²) < 4.78 is 11.3. The molecule has 0 aliphatic carbocycles. The highest BCUT2D eigenvalue weighted by molar-refractivity contribution is 5.73. The van der Waals surface area contributed by atoms with Gasteiger partial charge >= 0.3 is 0 Å². The Labute approximate surface area is 90.5 Å². The highest BCUT2D eigenvalue weighted by Crippen LogP contribution is 2.34. The first-order valence-electron chi connectivity index (χ1n) is 5.65. The molecule has 2 fully saturated rings. The minimum absolute atomic E-state index is 0.173. The molecule has 2 aliphatic rings. The summed E-state index contributed by atoms with van der Waals surface area (Å²) in [5.41, 5.74) is 0. The number of nitrogens with zero attached hydrogens (tertiary/aromatic N) is 1. The molecule has 1 amide bonds. The number of piperidine rings is 1. The van der Waals surface area contributed by atoms with Crippen LogP contribution in [0.15, 0.2) is 0 Å². The molecule has 2 rings (SSSR count). The highest BCUT2D eigenvalue weighted by Gasteiger charge is 2.41. The van der Waals surface area contributed by atoms with E-state index in [1.807, 2.05) is 11.8 Å². The van der Waals surface area contributed by atoms with E-state index in [1.165, 1.54) is 0 Å². The second kappa shape index (κ2) is 4.10. The van der Waals surface area contributed by atoms with Gasteiger partial charge in [-0.1, -0.05) is 0 Å². The van der Waals surface area contributed by atoms with Crippen molar-refractivity contribution in [3.05, 3.63) is 0 Å². The van der Waals surface area contributed by atoms with Gasteiger partial charge in [-0.3, -0.25) is 4.79 Å². The largest absolute Gasteiger partial charge is 0.348 e. The molecule has 0 N–H and O–H groups in total. The predicted molar refractivity (Wildman–Crippen MR) is 55.3 cm³/mol. The lowest BCUT2D eigenvalue weighted by atomic mass is 9.89. The summed E-state index contributed by atoms with van der Waals surface area (Å²) in [5.74, 6) is 0.200. The summed E-state index contributed by atoms with van der Waals surface area (Å²) in [7, 11) is 0. The highest BCUT2D eigenvalue weighted by atomic mass is 16.7. The van der Waals surface area contributed by atoms with Crippen LogP contribution in [0.3, 0.4) is 0 Å². The van der Waals surface area contributed by atoms with Gasteiger partial charge in [0.25, 0.3) is 0 Å². The Morgan fingerprint density at radius 2 is 1.80 bits per heavy atom. The molecule has 2 saturated heterocycles. The molecular formula is C11H19NO3. The Balaban J connectivity index is 1.90. The van der Waals surface area contributed by atoms with Crippen LogP contribution >= 0.6 is 0 Å². The third kappa shape index (κ3) is 2.16. The lowest BCUT2D eigenvalue weighted by Gasteiger charge is -2.38. The lowest BCUT2D eigenvalue weighted by molar-refractivity contribution is -0.191. The van der Waals surface area contributed by atoms with Gasteiger partial charge in [0, 0.05) is 25.9 Å². The normalized spacial score (nSPS) is 26.9. The first-order valence-corrected chi connectivity index (χ1v) is 5.65. The molecule has 0 aromatic heterocycles. The van der Waals surface area contributed by atoms with Crippen molar-refractivity contribution >= 4 is 5.91 Å². The van der Waals surface area contributed by atoms with Gasteiger partial charge in [-0.25, -0.2) is 0 Å². The van der Waals surface area contributed by atoms with E-state index in [4.69, 9.17) is 9.47 Å². The van der Waals surface area contributed by atoms with E-state index in [0.717, 1.165) is 25.9 Å². The summed E-state index contributed by atoms with van der Waals surface area (Å²) in [6.07, 6.45) is 1.96. The Bertz CT molecular complexity index is 240. The topological polar surface area (TPSA) is 38.8 Å². The Hall–Kier alpha value is -0.610. The van der Waals surface area contributed by atoms with Gasteiger partial charge < -0.3 is 14.4 Å². The van der Waals surface area contributed by atoms with Crippen molar-refractivity contribution in [3.63, 3.8) is 0 Å². The first kappa shape index (κ1) is 10.9. The van der Waals surface area contributed by atoms with Crippen LogP contribution in [-0.4, -0.2) is 42.9 Å². The van der Waals surface area contributed by atoms with Crippen LogP contribution < -0.4 is 0 Å². The molecular weight excluding hydrogens is 194 g/mol. The van der Waals surface area contributed by atoms with Crippen molar-refractivity contribution in [1.82, 2.24) is 4.90 Å². The van der Waals surface area contributed by atoms with Gasteiger partial charge in [-0.2, -0.15) is 0 Å². The van der Waals surface area contributed by atoms with Crippen LogP contribution in [0, 0.1) is 5.92 Å². The van der Waals surface area contributed by atoms with Gasteiger partial charge in [0.05, 0.1) is 13.2 Å². The molecule has 0 atom stereocenters. The molecule has 0 radical (unpaired) electrons. The smallest absolute Gasteiger partial charge is 0.219 e. The predicted octanol–water partition coefficient (Wildman–Crippen LogP) is 1.01. The molecule has 0 aromatic rings. The van der Waals surface area contributed by atoms with Crippen LogP contribution in [0.5, 0.6) is 0 Å². The quantitative estimate of drug-likeness (QED) is 0.652. The minimum Gasteiger partial charge on any atom is -0.348 e. The fourth-order valence-electron chi connectivity index (χ4n) is 2.48. The van der Waals surface area contributed by atoms with Crippen molar-refractivity contribution in [1.29, 1.82) is 0 Å². The lowest BCUT2D eigenvalue weighted by Crippen LogP contribution is -2.45. The first-order chi connectivity index (χ1) is 7.12. The third-order valence-electron chi connectivity index (χ3n) is 3.54. The second-order valence-corrected chi connectivity index (χ2v) is 4.49. The zero-order valence-corrected chi connectivity index (χ0v) is 9.49. The number of amides is 1. The van der Waals surface area contributed by atoms with Crippen molar-refractivity contribution in [2.75, 3.05) is 26.3 Å². The Morgan fingerprint density at radius 3 is 2.27 bits per heavy atom. The van der Waals surface area contributed by atoms with E-state index in [1.54, 1.807) is 6.92 Å². The second-order valence-electron chi connectivity index (χ2n) is 4.49. The zero-order valence-electron chi connectivity index (χ0n) is 9.49. The average Bonchev–Trinajstić information content (AvgIpc) is 2.67. The van der Waals surface area contributed by atoms with Crippen molar-refractivity contribution < 1.29 is 14.3 Å². The Kier molecular flexibility index (Phi) is 2.98. The Morgan fingerprint density at radius 1 is 1.27 bits per heavy atom. The molecule has 4 nitrogen and oxygen atoms in total. The maximum atomic E-state index is 11.2. The maximum absolute atomic E-state index is 11.2. The van der Waals surface area contributed by atoms with E-state index in [-0.39, 0.29) is 5.91 Å². The molecule has 86 valence electrons. The summed E-state index contributed by atoms with van der Waals surface area (Å²) in [5, 5.41) is 0. The van der Waals surface area contributed by atoms with Crippen LogP contribution in [0.1, 0.15) is 26.7 Å². The van der Waals surface area contributed by atoms with Crippen molar-refractivity contribution in [3.8, 4) is 0 Å². The van der Waals surface area contributed by atoms with E-state index < -0.39 is 5.79 Å². The minimum atomic E-state index is -0.400. The number of ether oxygens (including phenoxy) is 2. The summed E-state index contributed by atoms with van der Waals surface area (Å²) >= 11 is 0. The molecule has 0 spiro atoms. The maximum Gasteiger partial charge on any atom is 0.219 e. The molecule has 0 saturated carbocycles. The van der Waals surface area contributed by atoms with Gasteiger partial charge in [0.15, 0.2) is 5.79 Å². The molecule has 15 heavy (non-hydrogen) atoms.